The molecule has 0 aliphatic carbocycles. The summed E-state index contributed by atoms with van der Waals surface area (Å²) in [5.41, 5.74) is 4.11. The van der Waals surface area contributed by atoms with Crippen LogP contribution in [-0.2, 0) is 4.79 Å². The third-order valence-electron chi connectivity index (χ3n) is 4.07. The Bertz CT molecular complexity index is 726. The highest BCUT2D eigenvalue weighted by atomic mass is 35.5. The van der Waals surface area contributed by atoms with Gasteiger partial charge in [0, 0.05) is 10.9 Å². The number of likely N-dealkylation sites (tertiary alicyclic amines) is 1. The summed E-state index contributed by atoms with van der Waals surface area (Å²) in [7, 11) is 0. The normalized spacial score (nSPS) is 16.0. The number of halogens is 1. The highest BCUT2D eigenvalue weighted by Crippen LogP contribution is 2.18. The number of hydrazone groups is 1. The maximum atomic E-state index is 11.9. The van der Waals surface area contributed by atoms with Crippen molar-refractivity contribution in [1.82, 2.24) is 10.4 Å². The van der Waals surface area contributed by atoms with Crippen LogP contribution in [0.3, 0.4) is 0 Å². The lowest BCUT2D eigenvalue weighted by molar-refractivity contribution is -0.896. The standard InChI is InChI=1S/C17H19ClN4O/c18-17-14(10-13-6-2-3-7-15(13)20-17)11-19-21-16(23)12-22-8-4-1-5-9-22/h2-3,6-7,10-11H,1,4-5,8-9,12H2,(H,21,23)/p+1. The molecule has 1 aromatic heterocycles. The number of carbonyl (C=O) groups is 1. The van der Waals surface area contributed by atoms with E-state index in [1.807, 2.05) is 30.3 Å². The molecule has 2 N–H and O–H groups in total. The lowest BCUT2D eigenvalue weighted by Gasteiger charge is -2.22. The Morgan fingerprint density at radius 2 is 2.09 bits per heavy atom. The van der Waals surface area contributed by atoms with Gasteiger partial charge in [-0.15, -0.1) is 0 Å². The fourth-order valence-electron chi connectivity index (χ4n) is 2.87. The summed E-state index contributed by atoms with van der Waals surface area (Å²) >= 11 is 6.15. The van der Waals surface area contributed by atoms with Crippen LogP contribution in [0.4, 0.5) is 0 Å². The molecule has 1 amide bonds. The topological polar surface area (TPSA) is 58.8 Å². The third-order valence-corrected chi connectivity index (χ3v) is 4.37. The molecular weight excluding hydrogens is 312 g/mol. The van der Waals surface area contributed by atoms with Crippen LogP contribution in [0.2, 0.25) is 5.15 Å². The summed E-state index contributed by atoms with van der Waals surface area (Å²) in [5.74, 6) is -0.0666. The Morgan fingerprint density at radius 3 is 2.91 bits per heavy atom. The highest BCUT2D eigenvalue weighted by Gasteiger charge is 2.16. The van der Waals surface area contributed by atoms with Crippen molar-refractivity contribution < 1.29 is 9.69 Å². The molecule has 1 aromatic carbocycles. The fourth-order valence-corrected chi connectivity index (χ4v) is 3.06. The molecule has 0 radical (unpaired) electrons. The average molecular weight is 332 g/mol. The second-order valence-electron chi connectivity index (χ2n) is 5.84. The van der Waals surface area contributed by atoms with E-state index in [0.717, 1.165) is 24.0 Å². The zero-order chi connectivity index (χ0) is 16.1. The molecule has 5 nitrogen and oxygen atoms in total. The molecule has 1 fully saturated rings. The Kier molecular flexibility index (Phi) is 5.20. The van der Waals surface area contributed by atoms with Crippen molar-refractivity contribution in [3.8, 4) is 0 Å². The lowest BCUT2D eigenvalue weighted by Crippen LogP contribution is -3.13. The number of carbonyl (C=O) groups excluding carboxylic acids is 1. The van der Waals surface area contributed by atoms with Gasteiger partial charge in [-0.05, 0) is 31.4 Å². The molecule has 0 unspecified atom stereocenters. The minimum atomic E-state index is -0.0666. The SMILES string of the molecule is O=C(C[NH+]1CCCCC1)NN=Cc1cc2ccccc2nc1Cl. The number of rotatable bonds is 4. The van der Waals surface area contributed by atoms with Gasteiger partial charge in [-0.1, -0.05) is 29.8 Å². The van der Waals surface area contributed by atoms with Crippen LogP contribution < -0.4 is 10.3 Å². The number of benzene rings is 1. The summed E-state index contributed by atoms with van der Waals surface area (Å²) in [4.78, 5) is 17.6. The number of para-hydroxylation sites is 1. The number of piperidine rings is 1. The first-order valence-corrected chi connectivity index (χ1v) is 8.31. The number of nitrogens with one attached hydrogen (secondary N) is 2. The van der Waals surface area contributed by atoms with E-state index in [4.69, 9.17) is 11.6 Å². The maximum Gasteiger partial charge on any atom is 0.295 e. The van der Waals surface area contributed by atoms with E-state index in [-0.39, 0.29) is 5.91 Å². The van der Waals surface area contributed by atoms with Crippen molar-refractivity contribution in [2.75, 3.05) is 19.6 Å². The summed E-state index contributed by atoms with van der Waals surface area (Å²) in [6.07, 6.45) is 5.22. The summed E-state index contributed by atoms with van der Waals surface area (Å²) in [6, 6.07) is 9.65. The van der Waals surface area contributed by atoms with Crippen molar-refractivity contribution in [3.05, 3.63) is 41.0 Å². The van der Waals surface area contributed by atoms with E-state index in [1.54, 1.807) is 6.21 Å². The van der Waals surface area contributed by atoms with E-state index >= 15 is 0 Å². The second-order valence-corrected chi connectivity index (χ2v) is 6.20. The van der Waals surface area contributed by atoms with Crippen LogP contribution in [0.15, 0.2) is 35.4 Å². The Balaban J connectivity index is 1.61. The van der Waals surface area contributed by atoms with Gasteiger partial charge in [-0.3, -0.25) is 4.79 Å². The van der Waals surface area contributed by atoms with Crippen LogP contribution in [0.25, 0.3) is 10.9 Å². The summed E-state index contributed by atoms with van der Waals surface area (Å²) < 4.78 is 0. The lowest BCUT2D eigenvalue weighted by atomic mass is 10.1. The largest absolute Gasteiger partial charge is 0.327 e. The molecule has 1 aliphatic rings. The molecule has 1 saturated heterocycles. The van der Waals surface area contributed by atoms with E-state index in [2.05, 4.69) is 15.5 Å². The molecule has 23 heavy (non-hydrogen) atoms. The molecule has 2 aromatic rings. The molecule has 0 saturated carbocycles. The first-order chi connectivity index (χ1) is 11.2. The first-order valence-electron chi connectivity index (χ1n) is 7.93. The number of quaternary nitrogens is 1. The zero-order valence-corrected chi connectivity index (χ0v) is 13.6. The minimum absolute atomic E-state index is 0.0666. The van der Waals surface area contributed by atoms with Gasteiger partial charge in [0.2, 0.25) is 0 Å². The molecule has 120 valence electrons. The molecule has 2 heterocycles. The summed E-state index contributed by atoms with van der Waals surface area (Å²) in [5, 5.41) is 5.38. The first kappa shape index (κ1) is 15.9. The van der Waals surface area contributed by atoms with Crippen molar-refractivity contribution in [1.29, 1.82) is 0 Å². The molecule has 3 rings (SSSR count). The predicted octanol–water partition coefficient (Wildman–Crippen LogP) is 1.41. The van der Waals surface area contributed by atoms with E-state index < -0.39 is 0 Å². The molecule has 0 atom stereocenters. The molecule has 6 heteroatoms. The van der Waals surface area contributed by atoms with Crippen molar-refractivity contribution >= 4 is 34.6 Å². The Hall–Kier alpha value is -1.98. The van der Waals surface area contributed by atoms with Gasteiger partial charge in [-0.25, -0.2) is 10.4 Å². The van der Waals surface area contributed by atoms with Crippen LogP contribution in [0.5, 0.6) is 0 Å². The Morgan fingerprint density at radius 1 is 1.30 bits per heavy atom. The summed E-state index contributed by atoms with van der Waals surface area (Å²) in [6.45, 7) is 2.61. The van der Waals surface area contributed by atoms with Crippen molar-refractivity contribution in [3.63, 3.8) is 0 Å². The monoisotopic (exact) mass is 331 g/mol. The van der Waals surface area contributed by atoms with Crippen LogP contribution >= 0.6 is 11.6 Å². The quantitative estimate of drug-likeness (QED) is 0.505. The number of nitrogens with zero attached hydrogens (tertiary/aromatic N) is 2. The van der Waals surface area contributed by atoms with Crippen molar-refractivity contribution in [2.24, 2.45) is 5.10 Å². The fraction of sp³-hybridized carbons (Fsp3) is 0.353. The second kappa shape index (κ2) is 7.53. The minimum Gasteiger partial charge on any atom is -0.327 e. The van der Waals surface area contributed by atoms with Crippen LogP contribution in [0.1, 0.15) is 24.8 Å². The number of hydrogen-bond acceptors (Lipinski definition) is 3. The van der Waals surface area contributed by atoms with Gasteiger partial charge in [0.15, 0.2) is 6.54 Å². The third kappa shape index (κ3) is 4.27. The number of pyridine rings is 1. The molecule has 1 aliphatic heterocycles. The van der Waals surface area contributed by atoms with Crippen LogP contribution in [-0.4, -0.2) is 36.7 Å². The van der Waals surface area contributed by atoms with E-state index in [9.17, 15) is 4.79 Å². The van der Waals surface area contributed by atoms with Crippen LogP contribution in [0, 0.1) is 0 Å². The van der Waals surface area contributed by atoms with E-state index in [0.29, 0.717) is 17.3 Å². The Labute approximate surface area is 140 Å². The highest BCUT2D eigenvalue weighted by molar-refractivity contribution is 6.32. The smallest absolute Gasteiger partial charge is 0.295 e. The zero-order valence-electron chi connectivity index (χ0n) is 12.9. The van der Waals surface area contributed by atoms with Gasteiger partial charge in [0.1, 0.15) is 5.15 Å². The van der Waals surface area contributed by atoms with E-state index in [1.165, 1.54) is 24.2 Å². The average Bonchev–Trinajstić information content (AvgIpc) is 2.56. The number of aromatic nitrogens is 1. The van der Waals surface area contributed by atoms with Gasteiger partial charge < -0.3 is 4.90 Å². The van der Waals surface area contributed by atoms with Gasteiger partial charge in [0.05, 0.1) is 24.8 Å². The molecular formula is C17H20ClN4O+. The predicted molar refractivity (Wildman–Crippen MR) is 91.9 cm³/mol. The number of fused-ring (bicyclic) bond motifs is 1. The molecule has 0 spiro atoms. The number of hydrogen-bond donors (Lipinski definition) is 2. The van der Waals surface area contributed by atoms with Crippen molar-refractivity contribution in [2.45, 2.75) is 19.3 Å². The maximum absolute atomic E-state index is 11.9. The van der Waals surface area contributed by atoms with Gasteiger partial charge in [0.25, 0.3) is 5.91 Å². The van der Waals surface area contributed by atoms with Gasteiger partial charge >= 0.3 is 0 Å². The van der Waals surface area contributed by atoms with Gasteiger partial charge in [-0.2, -0.15) is 5.10 Å². The number of amides is 1. The molecule has 0 bridgehead atoms.